The first-order valence-corrected chi connectivity index (χ1v) is 8.26. The first kappa shape index (κ1) is 17.2. The summed E-state index contributed by atoms with van der Waals surface area (Å²) in [5.41, 5.74) is 1.98. The van der Waals surface area contributed by atoms with Crippen molar-refractivity contribution in [2.24, 2.45) is 5.92 Å². The van der Waals surface area contributed by atoms with Crippen LogP contribution in [0.4, 0.5) is 0 Å². The van der Waals surface area contributed by atoms with Gasteiger partial charge in [-0.2, -0.15) is 0 Å². The van der Waals surface area contributed by atoms with Crippen molar-refractivity contribution in [2.75, 3.05) is 7.11 Å². The van der Waals surface area contributed by atoms with E-state index in [1.54, 1.807) is 38.4 Å². The molecule has 0 unspecified atom stereocenters. The standard InChI is InChI=1S/C19H22N2O4/c1-11-3-4-12(9-16(11)23)19(24)21-18(14-7-15(22)8-14)13-5-6-17(25-2)20-10-13/h3-6,9-10,14-15,18,22-23H,7-8H2,1-2H3,(H,21,24)/t14?,15?,18-/m1/s1. The molecular weight excluding hydrogens is 320 g/mol. The number of rotatable bonds is 5. The lowest BCUT2D eigenvalue weighted by atomic mass is 9.75. The number of phenols is 1. The number of hydrogen-bond acceptors (Lipinski definition) is 5. The molecule has 1 aromatic carbocycles. The van der Waals surface area contributed by atoms with Crippen LogP contribution in [0.1, 0.15) is 40.4 Å². The van der Waals surface area contributed by atoms with E-state index in [2.05, 4.69) is 10.3 Å². The smallest absolute Gasteiger partial charge is 0.251 e. The molecule has 0 aliphatic heterocycles. The second-order valence-electron chi connectivity index (χ2n) is 6.47. The van der Waals surface area contributed by atoms with Crippen LogP contribution in [0.15, 0.2) is 36.5 Å². The Balaban J connectivity index is 1.81. The van der Waals surface area contributed by atoms with Crippen molar-refractivity contribution >= 4 is 5.91 Å². The third-order valence-corrected chi connectivity index (χ3v) is 4.71. The average Bonchev–Trinajstić information content (AvgIpc) is 2.59. The molecule has 0 bridgehead atoms. The molecule has 6 nitrogen and oxygen atoms in total. The number of hydrogen-bond donors (Lipinski definition) is 3. The van der Waals surface area contributed by atoms with Crippen LogP contribution < -0.4 is 10.1 Å². The van der Waals surface area contributed by atoms with E-state index in [0.29, 0.717) is 24.3 Å². The number of carbonyl (C=O) groups is 1. The van der Waals surface area contributed by atoms with Gasteiger partial charge < -0.3 is 20.3 Å². The summed E-state index contributed by atoms with van der Waals surface area (Å²) in [5.74, 6) is 0.478. The number of amides is 1. The zero-order chi connectivity index (χ0) is 18.0. The quantitative estimate of drug-likeness (QED) is 0.776. The molecule has 1 aliphatic carbocycles. The van der Waals surface area contributed by atoms with E-state index < -0.39 is 0 Å². The highest BCUT2D eigenvalue weighted by Gasteiger charge is 2.36. The maximum absolute atomic E-state index is 12.6. The van der Waals surface area contributed by atoms with Crippen LogP contribution in [0.3, 0.4) is 0 Å². The van der Waals surface area contributed by atoms with Gasteiger partial charge in [0.15, 0.2) is 0 Å². The fraction of sp³-hybridized carbons (Fsp3) is 0.368. The number of pyridine rings is 1. The molecule has 1 amide bonds. The number of methoxy groups -OCH3 is 1. The number of benzene rings is 1. The predicted octanol–water partition coefficient (Wildman–Crippen LogP) is 2.35. The summed E-state index contributed by atoms with van der Waals surface area (Å²) in [6.45, 7) is 1.78. The lowest BCUT2D eigenvalue weighted by Gasteiger charge is -2.38. The molecule has 1 fully saturated rings. The maximum Gasteiger partial charge on any atom is 0.251 e. The fourth-order valence-corrected chi connectivity index (χ4v) is 3.05. The summed E-state index contributed by atoms with van der Waals surface area (Å²) in [6, 6.07) is 8.22. The van der Waals surface area contributed by atoms with Gasteiger partial charge in [-0.05, 0) is 48.9 Å². The van der Waals surface area contributed by atoms with Crippen LogP contribution in [0.25, 0.3) is 0 Å². The highest BCUT2D eigenvalue weighted by atomic mass is 16.5. The van der Waals surface area contributed by atoms with Crippen molar-refractivity contribution in [3.8, 4) is 11.6 Å². The first-order valence-electron chi connectivity index (χ1n) is 8.26. The van der Waals surface area contributed by atoms with E-state index in [9.17, 15) is 15.0 Å². The van der Waals surface area contributed by atoms with Crippen LogP contribution in [0, 0.1) is 12.8 Å². The van der Waals surface area contributed by atoms with Crippen molar-refractivity contribution in [1.29, 1.82) is 0 Å². The molecule has 0 spiro atoms. The number of phenolic OH excluding ortho intramolecular Hbond substituents is 1. The van der Waals surface area contributed by atoms with Gasteiger partial charge in [0.05, 0.1) is 19.3 Å². The van der Waals surface area contributed by atoms with Crippen molar-refractivity contribution in [2.45, 2.75) is 31.9 Å². The lowest BCUT2D eigenvalue weighted by molar-refractivity contribution is 0.0234. The Morgan fingerprint density at radius 3 is 2.64 bits per heavy atom. The van der Waals surface area contributed by atoms with Crippen molar-refractivity contribution in [3.05, 3.63) is 53.2 Å². The Bertz CT molecular complexity index is 755. The third kappa shape index (κ3) is 3.74. The van der Waals surface area contributed by atoms with E-state index in [-0.39, 0.29) is 29.7 Å². The minimum absolute atomic E-state index is 0.0920. The number of ether oxygens (including phenoxy) is 1. The normalized spacial score (nSPS) is 20.4. The molecule has 0 radical (unpaired) electrons. The zero-order valence-electron chi connectivity index (χ0n) is 14.3. The van der Waals surface area contributed by atoms with Gasteiger partial charge in [-0.15, -0.1) is 0 Å². The van der Waals surface area contributed by atoms with Crippen molar-refractivity contribution < 1.29 is 19.7 Å². The monoisotopic (exact) mass is 342 g/mol. The number of aromatic hydroxyl groups is 1. The number of aliphatic hydroxyl groups is 1. The summed E-state index contributed by atoms with van der Waals surface area (Å²) < 4.78 is 5.08. The van der Waals surface area contributed by atoms with E-state index in [0.717, 1.165) is 11.1 Å². The van der Waals surface area contributed by atoms with Gasteiger partial charge in [0.1, 0.15) is 5.75 Å². The van der Waals surface area contributed by atoms with Gasteiger partial charge in [-0.25, -0.2) is 4.98 Å². The van der Waals surface area contributed by atoms with Crippen molar-refractivity contribution in [3.63, 3.8) is 0 Å². The first-order chi connectivity index (χ1) is 12.0. The number of carbonyl (C=O) groups excluding carboxylic acids is 1. The topological polar surface area (TPSA) is 91.7 Å². The van der Waals surface area contributed by atoms with Gasteiger partial charge in [-0.1, -0.05) is 12.1 Å². The summed E-state index contributed by atoms with van der Waals surface area (Å²) in [4.78, 5) is 16.8. The summed E-state index contributed by atoms with van der Waals surface area (Å²) in [5, 5.41) is 22.5. The van der Waals surface area contributed by atoms with Gasteiger partial charge in [-0.3, -0.25) is 4.79 Å². The molecule has 25 heavy (non-hydrogen) atoms. The van der Waals surface area contributed by atoms with Crippen LogP contribution in [-0.4, -0.2) is 34.3 Å². The predicted molar refractivity (Wildman–Crippen MR) is 92.6 cm³/mol. The van der Waals surface area contributed by atoms with E-state index in [1.165, 1.54) is 6.07 Å². The highest BCUT2D eigenvalue weighted by molar-refractivity contribution is 5.95. The van der Waals surface area contributed by atoms with Gasteiger partial charge in [0, 0.05) is 17.8 Å². The molecule has 6 heteroatoms. The Hall–Kier alpha value is -2.60. The summed E-state index contributed by atoms with van der Waals surface area (Å²) >= 11 is 0. The SMILES string of the molecule is COc1ccc([C@@H](NC(=O)c2ccc(C)c(O)c2)C2CC(O)C2)cn1. The molecule has 0 saturated heterocycles. The Labute approximate surface area is 146 Å². The molecule has 1 heterocycles. The molecule has 1 saturated carbocycles. The molecule has 1 atom stereocenters. The zero-order valence-corrected chi connectivity index (χ0v) is 14.3. The van der Waals surface area contributed by atoms with E-state index in [4.69, 9.17) is 4.74 Å². The Morgan fingerprint density at radius 1 is 1.32 bits per heavy atom. The summed E-state index contributed by atoms with van der Waals surface area (Å²) in [7, 11) is 1.55. The number of nitrogens with one attached hydrogen (secondary N) is 1. The largest absolute Gasteiger partial charge is 0.508 e. The number of nitrogens with zero attached hydrogens (tertiary/aromatic N) is 1. The van der Waals surface area contributed by atoms with E-state index >= 15 is 0 Å². The molecule has 3 N–H and O–H groups in total. The molecule has 1 aromatic heterocycles. The lowest BCUT2D eigenvalue weighted by Crippen LogP contribution is -2.41. The molecular formula is C19H22N2O4. The van der Waals surface area contributed by atoms with Crippen LogP contribution >= 0.6 is 0 Å². The molecule has 1 aliphatic rings. The van der Waals surface area contributed by atoms with Crippen LogP contribution in [0.5, 0.6) is 11.6 Å². The molecule has 132 valence electrons. The second kappa shape index (κ2) is 7.11. The maximum atomic E-state index is 12.6. The minimum atomic E-state index is -0.320. The Kier molecular flexibility index (Phi) is 4.90. The molecule has 2 aromatic rings. The minimum Gasteiger partial charge on any atom is -0.508 e. The fourth-order valence-electron chi connectivity index (χ4n) is 3.05. The summed E-state index contributed by atoms with van der Waals surface area (Å²) in [6.07, 6.45) is 2.63. The van der Waals surface area contributed by atoms with Gasteiger partial charge in [0.25, 0.3) is 5.91 Å². The number of aromatic nitrogens is 1. The number of aryl methyl sites for hydroxylation is 1. The molecule has 3 rings (SSSR count). The number of aliphatic hydroxyl groups excluding tert-OH is 1. The van der Waals surface area contributed by atoms with E-state index in [1.807, 2.05) is 6.07 Å². The second-order valence-corrected chi connectivity index (χ2v) is 6.47. The average molecular weight is 342 g/mol. The van der Waals surface area contributed by atoms with Crippen molar-refractivity contribution in [1.82, 2.24) is 10.3 Å². The van der Waals surface area contributed by atoms with Gasteiger partial charge >= 0.3 is 0 Å². The van der Waals surface area contributed by atoms with Crippen LogP contribution in [-0.2, 0) is 0 Å². The Morgan fingerprint density at radius 2 is 2.08 bits per heavy atom. The highest BCUT2D eigenvalue weighted by Crippen LogP contribution is 2.38. The van der Waals surface area contributed by atoms with Crippen LogP contribution in [0.2, 0.25) is 0 Å². The van der Waals surface area contributed by atoms with Gasteiger partial charge in [0.2, 0.25) is 5.88 Å². The third-order valence-electron chi connectivity index (χ3n) is 4.71.